The average molecular weight is 206 g/mol. The molecule has 0 aliphatic rings. The molecule has 0 spiro atoms. The molecule has 2 heterocycles. The van der Waals surface area contributed by atoms with Crippen LogP contribution in [0, 0.1) is 0 Å². The minimum Gasteiger partial charge on any atom is -0.324 e. The molecule has 6 heteroatoms. The van der Waals surface area contributed by atoms with Gasteiger partial charge < -0.3 is 5.73 Å². The van der Waals surface area contributed by atoms with Crippen molar-refractivity contribution in [1.29, 1.82) is 0 Å². The topological polar surface area (TPSA) is 74.6 Å². The lowest BCUT2D eigenvalue weighted by Crippen LogP contribution is -2.07. The third-order valence-corrected chi connectivity index (χ3v) is 2.29. The summed E-state index contributed by atoms with van der Waals surface area (Å²) in [6.07, 6.45) is 5.24. The van der Waals surface area contributed by atoms with Crippen molar-refractivity contribution in [2.45, 2.75) is 19.5 Å². The number of rotatable bonds is 3. The maximum Gasteiger partial charge on any atom is 0.148 e. The summed E-state index contributed by atoms with van der Waals surface area (Å²) in [6, 6.07) is 0.0123. The first-order valence-corrected chi connectivity index (χ1v) is 4.77. The van der Waals surface area contributed by atoms with Crippen LogP contribution >= 0.6 is 0 Å². The van der Waals surface area contributed by atoms with Crippen molar-refractivity contribution in [3.05, 3.63) is 30.1 Å². The molecule has 0 saturated heterocycles. The van der Waals surface area contributed by atoms with Crippen LogP contribution in [0.1, 0.15) is 24.4 Å². The van der Waals surface area contributed by atoms with Gasteiger partial charge in [0.15, 0.2) is 0 Å². The van der Waals surface area contributed by atoms with Crippen molar-refractivity contribution in [3.63, 3.8) is 0 Å². The highest BCUT2D eigenvalue weighted by Crippen LogP contribution is 2.07. The molecule has 2 aromatic rings. The molecule has 15 heavy (non-hydrogen) atoms. The van der Waals surface area contributed by atoms with E-state index in [1.807, 2.05) is 24.9 Å². The minimum atomic E-state index is 0.0123. The van der Waals surface area contributed by atoms with Crippen LogP contribution in [0.25, 0.3) is 0 Å². The highest BCUT2D eigenvalue weighted by atomic mass is 15.3. The fourth-order valence-electron chi connectivity index (χ4n) is 1.31. The summed E-state index contributed by atoms with van der Waals surface area (Å²) in [4.78, 5) is 4.12. The summed E-state index contributed by atoms with van der Waals surface area (Å²) < 4.78 is 3.54. The first kappa shape index (κ1) is 9.85. The predicted octanol–water partition coefficient (Wildman–Crippen LogP) is 0.0796. The smallest absolute Gasteiger partial charge is 0.148 e. The van der Waals surface area contributed by atoms with Crippen molar-refractivity contribution in [2.24, 2.45) is 12.8 Å². The molecule has 2 N–H and O–H groups in total. The molecule has 1 atom stereocenters. The average Bonchev–Trinajstić information content (AvgIpc) is 2.77. The number of nitrogens with zero attached hydrogens (tertiary/aromatic N) is 5. The molecule has 6 nitrogen and oxygen atoms in total. The van der Waals surface area contributed by atoms with Gasteiger partial charge in [0.05, 0.1) is 6.20 Å². The normalized spacial score (nSPS) is 13.0. The first-order valence-electron chi connectivity index (χ1n) is 4.77. The number of aryl methyl sites for hydroxylation is 1. The van der Waals surface area contributed by atoms with Crippen LogP contribution < -0.4 is 5.73 Å². The summed E-state index contributed by atoms with van der Waals surface area (Å²) in [5.41, 5.74) is 6.77. The molecule has 2 rings (SSSR count). The van der Waals surface area contributed by atoms with E-state index >= 15 is 0 Å². The predicted molar refractivity (Wildman–Crippen MR) is 54.9 cm³/mol. The fourth-order valence-corrected chi connectivity index (χ4v) is 1.31. The van der Waals surface area contributed by atoms with Gasteiger partial charge in [0.2, 0.25) is 0 Å². The molecule has 0 aliphatic heterocycles. The molecule has 0 aliphatic carbocycles. The van der Waals surface area contributed by atoms with Gasteiger partial charge in [0.25, 0.3) is 0 Å². The Morgan fingerprint density at radius 2 is 2.27 bits per heavy atom. The Labute approximate surface area is 87.7 Å². The third kappa shape index (κ3) is 2.04. The Bertz CT molecular complexity index is 441. The Morgan fingerprint density at radius 3 is 2.80 bits per heavy atom. The van der Waals surface area contributed by atoms with Crippen molar-refractivity contribution in [3.8, 4) is 0 Å². The van der Waals surface area contributed by atoms with Gasteiger partial charge in [-0.3, -0.25) is 9.36 Å². The van der Waals surface area contributed by atoms with E-state index < -0.39 is 0 Å². The third-order valence-electron chi connectivity index (χ3n) is 2.29. The monoisotopic (exact) mass is 206 g/mol. The maximum absolute atomic E-state index is 5.74. The van der Waals surface area contributed by atoms with E-state index in [1.165, 1.54) is 6.33 Å². The molecular formula is C9H14N6. The molecule has 0 amide bonds. The van der Waals surface area contributed by atoms with Gasteiger partial charge in [-0.1, -0.05) is 0 Å². The number of nitrogens with two attached hydrogens (primary N) is 1. The quantitative estimate of drug-likeness (QED) is 0.771. The largest absolute Gasteiger partial charge is 0.324 e. The van der Waals surface area contributed by atoms with Gasteiger partial charge in [-0.2, -0.15) is 10.2 Å². The van der Waals surface area contributed by atoms with Gasteiger partial charge >= 0.3 is 0 Å². The molecule has 1 unspecified atom stereocenters. The highest BCUT2D eigenvalue weighted by molar-refractivity contribution is 5.08. The van der Waals surface area contributed by atoms with Gasteiger partial charge in [-0.25, -0.2) is 4.98 Å². The molecule has 0 saturated carbocycles. The first-order chi connectivity index (χ1) is 7.16. The van der Waals surface area contributed by atoms with E-state index in [-0.39, 0.29) is 6.04 Å². The molecule has 0 fully saturated rings. The van der Waals surface area contributed by atoms with E-state index in [9.17, 15) is 0 Å². The summed E-state index contributed by atoms with van der Waals surface area (Å²) in [5.74, 6) is 0.870. The van der Waals surface area contributed by atoms with Gasteiger partial charge in [0.1, 0.15) is 18.7 Å². The van der Waals surface area contributed by atoms with E-state index in [0.29, 0.717) is 6.54 Å². The summed E-state index contributed by atoms with van der Waals surface area (Å²) in [5, 5.41) is 8.20. The summed E-state index contributed by atoms with van der Waals surface area (Å²) >= 11 is 0. The number of hydrogen-bond donors (Lipinski definition) is 1. The van der Waals surface area contributed by atoms with Gasteiger partial charge in [0, 0.05) is 24.8 Å². The SMILES string of the molecule is CC(N)c1cnn(Cc2ncnn2C)c1. The second-order valence-corrected chi connectivity index (χ2v) is 3.56. The van der Waals surface area contributed by atoms with Crippen molar-refractivity contribution >= 4 is 0 Å². The van der Waals surface area contributed by atoms with Crippen molar-refractivity contribution in [1.82, 2.24) is 24.5 Å². The molecular weight excluding hydrogens is 192 g/mol. The zero-order valence-corrected chi connectivity index (χ0v) is 8.83. The molecule has 80 valence electrons. The number of hydrogen-bond acceptors (Lipinski definition) is 4. The van der Waals surface area contributed by atoms with E-state index in [0.717, 1.165) is 11.4 Å². The molecule has 0 aromatic carbocycles. The van der Waals surface area contributed by atoms with Crippen LogP contribution in [0.5, 0.6) is 0 Å². The van der Waals surface area contributed by atoms with E-state index in [4.69, 9.17) is 5.73 Å². The lowest BCUT2D eigenvalue weighted by atomic mass is 10.2. The summed E-state index contributed by atoms with van der Waals surface area (Å²) in [7, 11) is 1.86. The molecule has 0 radical (unpaired) electrons. The second-order valence-electron chi connectivity index (χ2n) is 3.56. The highest BCUT2D eigenvalue weighted by Gasteiger charge is 2.05. The van der Waals surface area contributed by atoms with Crippen molar-refractivity contribution < 1.29 is 0 Å². The van der Waals surface area contributed by atoms with Crippen LogP contribution in [0.3, 0.4) is 0 Å². The maximum atomic E-state index is 5.74. The number of aromatic nitrogens is 5. The van der Waals surface area contributed by atoms with Crippen LogP contribution in [0.2, 0.25) is 0 Å². The Morgan fingerprint density at radius 1 is 1.47 bits per heavy atom. The summed E-state index contributed by atoms with van der Waals surface area (Å²) in [6.45, 7) is 2.55. The lowest BCUT2D eigenvalue weighted by molar-refractivity contribution is 0.607. The van der Waals surface area contributed by atoms with E-state index in [2.05, 4.69) is 15.2 Å². The van der Waals surface area contributed by atoms with E-state index in [1.54, 1.807) is 10.9 Å². The zero-order valence-electron chi connectivity index (χ0n) is 8.83. The molecule has 2 aromatic heterocycles. The van der Waals surface area contributed by atoms with Crippen LogP contribution in [0.15, 0.2) is 18.7 Å². The zero-order chi connectivity index (χ0) is 10.8. The van der Waals surface area contributed by atoms with Gasteiger partial charge in [-0.15, -0.1) is 0 Å². The Hall–Kier alpha value is -1.69. The Kier molecular flexibility index (Phi) is 2.51. The standard InChI is InChI=1S/C9H14N6/c1-7(10)8-3-12-15(4-8)5-9-11-6-13-14(9)2/h3-4,6-7H,5,10H2,1-2H3. The van der Waals surface area contributed by atoms with Crippen LogP contribution in [0.4, 0.5) is 0 Å². The van der Waals surface area contributed by atoms with Crippen LogP contribution in [-0.4, -0.2) is 24.5 Å². The Balaban J connectivity index is 2.15. The van der Waals surface area contributed by atoms with Crippen LogP contribution in [-0.2, 0) is 13.6 Å². The molecule has 0 bridgehead atoms. The van der Waals surface area contributed by atoms with Gasteiger partial charge in [-0.05, 0) is 6.92 Å². The fraction of sp³-hybridized carbons (Fsp3) is 0.444. The second kappa shape index (κ2) is 3.82. The van der Waals surface area contributed by atoms with Crippen molar-refractivity contribution in [2.75, 3.05) is 0 Å². The lowest BCUT2D eigenvalue weighted by Gasteiger charge is -2.01. The minimum absolute atomic E-state index is 0.0123.